The highest BCUT2D eigenvalue weighted by Crippen LogP contribution is 2.33. The van der Waals surface area contributed by atoms with Crippen LogP contribution in [0.2, 0.25) is 0 Å². The van der Waals surface area contributed by atoms with E-state index < -0.39 is 11.9 Å². The van der Waals surface area contributed by atoms with E-state index in [-0.39, 0.29) is 5.56 Å². The van der Waals surface area contributed by atoms with Gasteiger partial charge >= 0.3 is 11.9 Å². The minimum absolute atomic E-state index is 0.270. The molecule has 3 rings (SSSR count). The molecule has 0 atom stereocenters. The van der Waals surface area contributed by atoms with Gasteiger partial charge in [-0.25, -0.2) is 9.59 Å². The van der Waals surface area contributed by atoms with Gasteiger partial charge in [-0.15, -0.1) is 12.6 Å². The predicted octanol–water partition coefficient (Wildman–Crippen LogP) is 2.44. The monoisotopic (exact) mass is 230 g/mol. The minimum atomic E-state index is -0.615. The average molecular weight is 230 g/mol. The standard InChI is InChI=1S/C12H6O3S/c13-11-9-7-4-2-1-3-6(7)5-8(16)10(9)12(14)15-11/h1-5,16H. The zero-order valence-corrected chi connectivity index (χ0v) is 8.95. The maximum atomic E-state index is 11.6. The number of hydrogen-bond acceptors (Lipinski definition) is 4. The summed E-state index contributed by atoms with van der Waals surface area (Å²) in [5, 5.41) is 1.60. The van der Waals surface area contributed by atoms with Gasteiger partial charge in [0.1, 0.15) is 0 Å². The number of hydrogen-bond donors (Lipinski definition) is 1. The molecular formula is C12H6O3S. The Hall–Kier alpha value is -1.81. The van der Waals surface area contributed by atoms with Crippen LogP contribution in [0.1, 0.15) is 20.7 Å². The van der Waals surface area contributed by atoms with Crippen molar-refractivity contribution >= 4 is 35.3 Å². The Kier molecular flexibility index (Phi) is 1.82. The molecule has 1 aliphatic rings. The van der Waals surface area contributed by atoms with Crippen LogP contribution in [0.25, 0.3) is 10.8 Å². The lowest BCUT2D eigenvalue weighted by Crippen LogP contribution is -1.97. The molecule has 16 heavy (non-hydrogen) atoms. The molecule has 3 nitrogen and oxygen atoms in total. The van der Waals surface area contributed by atoms with Crippen LogP contribution < -0.4 is 0 Å². The summed E-state index contributed by atoms with van der Waals surface area (Å²) in [4.78, 5) is 23.5. The SMILES string of the molecule is O=C1OC(=O)c2c1c(S)cc1ccccc21. The number of fused-ring (bicyclic) bond motifs is 3. The van der Waals surface area contributed by atoms with Crippen LogP contribution in [-0.2, 0) is 4.74 Å². The molecule has 78 valence electrons. The van der Waals surface area contributed by atoms with Gasteiger partial charge in [-0.05, 0) is 16.8 Å². The summed E-state index contributed by atoms with van der Waals surface area (Å²) >= 11 is 4.21. The van der Waals surface area contributed by atoms with Crippen molar-refractivity contribution in [3.8, 4) is 0 Å². The van der Waals surface area contributed by atoms with E-state index in [1.807, 2.05) is 18.2 Å². The van der Waals surface area contributed by atoms with Crippen molar-refractivity contribution in [3.63, 3.8) is 0 Å². The molecule has 4 heteroatoms. The van der Waals surface area contributed by atoms with Crippen molar-refractivity contribution in [2.24, 2.45) is 0 Å². The topological polar surface area (TPSA) is 43.4 Å². The fourth-order valence-corrected chi connectivity index (χ4v) is 2.28. The number of benzene rings is 2. The normalized spacial score (nSPS) is 14.1. The molecule has 2 aromatic carbocycles. The van der Waals surface area contributed by atoms with E-state index in [1.54, 1.807) is 12.1 Å². The molecule has 0 fully saturated rings. The molecule has 0 unspecified atom stereocenters. The van der Waals surface area contributed by atoms with E-state index in [9.17, 15) is 9.59 Å². The van der Waals surface area contributed by atoms with Gasteiger partial charge in [-0.2, -0.15) is 0 Å². The van der Waals surface area contributed by atoms with Crippen molar-refractivity contribution in [2.45, 2.75) is 4.90 Å². The zero-order valence-electron chi connectivity index (χ0n) is 8.06. The number of cyclic esters (lactones) is 2. The lowest BCUT2D eigenvalue weighted by atomic mass is 10.0. The summed E-state index contributed by atoms with van der Waals surface area (Å²) in [5.41, 5.74) is 0.597. The first-order valence-corrected chi connectivity index (χ1v) is 5.14. The van der Waals surface area contributed by atoms with E-state index in [4.69, 9.17) is 0 Å². The summed E-state index contributed by atoms with van der Waals surface area (Å²) in [6.07, 6.45) is 0. The second-order valence-electron chi connectivity index (χ2n) is 3.54. The fraction of sp³-hybridized carbons (Fsp3) is 0. The number of esters is 2. The second-order valence-corrected chi connectivity index (χ2v) is 4.03. The molecule has 0 aliphatic carbocycles. The first-order valence-electron chi connectivity index (χ1n) is 4.69. The maximum absolute atomic E-state index is 11.6. The number of thiol groups is 1. The van der Waals surface area contributed by atoms with Crippen LogP contribution in [0.4, 0.5) is 0 Å². The van der Waals surface area contributed by atoms with E-state index in [0.29, 0.717) is 10.5 Å². The van der Waals surface area contributed by atoms with Crippen molar-refractivity contribution in [1.82, 2.24) is 0 Å². The molecule has 1 aliphatic heterocycles. The fourth-order valence-electron chi connectivity index (χ4n) is 1.94. The number of rotatable bonds is 0. The average Bonchev–Trinajstić information content (AvgIpc) is 2.55. The number of carbonyl (C=O) groups excluding carboxylic acids is 2. The van der Waals surface area contributed by atoms with Gasteiger partial charge in [-0.3, -0.25) is 0 Å². The zero-order chi connectivity index (χ0) is 11.3. The van der Waals surface area contributed by atoms with Gasteiger partial charge in [-0.1, -0.05) is 24.3 Å². The minimum Gasteiger partial charge on any atom is -0.386 e. The Labute approximate surface area is 96.4 Å². The summed E-state index contributed by atoms with van der Waals surface area (Å²) in [7, 11) is 0. The third-order valence-corrected chi connectivity index (χ3v) is 2.97. The highest BCUT2D eigenvalue weighted by atomic mass is 32.1. The first kappa shape index (κ1) is 9.42. The highest BCUT2D eigenvalue weighted by molar-refractivity contribution is 7.80. The van der Waals surface area contributed by atoms with Gasteiger partial charge in [0.2, 0.25) is 0 Å². The Morgan fingerprint density at radius 3 is 2.50 bits per heavy atom. The molecule has 2 aromatic rings. The van der Waals surface area contributed by atoms with Crippen molar-refractivity contribution in [1.29, 1.82) is 0 Å². The van der Waals surface area contributed by atoms with Crippen molar-refractivity contribution in [3.05, 3.63) is 41.5 Å². The molecule has 0 bridgehead atoms. The molecule has 0 spiro atoms. The molecule has 1 heterocycles. The Bertz CT molecular complexity index is 646. The number of carbonyl (C=O) groups is 2. The molecule has 0 N–H and O–H groups in total. The van der Waals surface area contributed by atoms with Gasteiger partial charge in [0, 0.05) is 4.90 Å². The summed E-state index contributed by atoms with van der Waals surface area (Å²) < 4.78 is 4.59. The van der Waals surface area contributed by atoms with Gasteiger partial charge in [0.05, 0.1) is 11.1 Å². The van der Waals surface area contributed by atoms with Gasteiger partial charge < -0.3 is 4.74 Å². The van der Waals surface area contributed by atoms with Crippen LogP contribution in [0, 0.1) is 0 Å². The lowest BCUT2D eigenvalue weighted by Gasteiger charge is -2.03. The Balaban J connectivity index is 2.54. The van der Waals surface area contributed by atoms with E-state index in [0.717, 1.165) is 10.8 Å². The lowest BCUT2D eigenvalue weighted by molar-refractivity contribution is 0.0443. The Morgan fingerprint density at radius 1 is 1.00 bits per heavy atom. The molecule has 0 amide bonds. The molecular weight excluding hydrogens is 224 g/mol. The van der Waals surface area contributed by atoms with Crippen LogP contribution in [0.15, 0.2) is 35.2 Å². The van der Waals surface area contributed by atoms with Crippen LogP contribution in [0.3, 0.4) is 0 Å². The molecule has 0 radical (unpaired) electrons. The van der Waals surface area contributed by atoms with Crippen LogP contribution in [0.5, 0.6) is 0 Å². The quantitative estimate of drug-likeness (QED) is 0.429. The van der Waals surface area contributed by atoms with Crippen LogP contribution >= 0.6 is 12.6 Å². The predicted molar refractivity (Wildman–Crippen MR) is 60.9 cm³/mol. The molecule has 0 aromatic heterocycles. The van der Waals surface area contributed by atoms with Gasteiger partial charge in [0.15, 0.2) is 0 Å². The van der Waals surface area contributed by atoms with E-state index >= 15 is 0 Å². The van der Waals surface area contributed by atoms with E-state index in [1.165, 1.54) is 0 Å². The molecule has 0 saturated heterocycles. The van der Waals surface area contributed by atoms with Gasteiger partial charge in [0.25, 0.3) is 0 Å². The smallest absolute Gasteiger partial charge is 0.348 e. The third kappa shape index (κ3) is 1.10. The van der Waals surface area contributed by atoms with Crippen molar-refractivity contribution in [2.75, 3.05) is 0 Å². The highest BCUT2D eigenvalue weighted by Gasteiger charge is 2.33. The van der Waals surface area contributed by atoms with E-state index in [2.05, 4.69) is 17.4 Å². The second kappa shape index (κ2) is 3.09. The number of ether oxygens (including phenoxy) is 1. The van der Waals surface area contributed by atoms with Crippen molar-refractivity contribution < 1.29 is 14.3 Å². The van der Waals surface area contributed by atoms with Crippen LogP contribution in [-0.4, -0.2) is 11.9 Å². The summed E-state index contributed by atoms with van der Waals surface area (Å²) in [6.45, 7) is 0. The molecule has 0 saturated carbocycles. The third-order valence-electron chi connectivity index (χ3n) is 2.62. The maximum Gasteiger partial charge on any atom is 0.348 e. The first-order chi connectivity index (χ1) is 7.68. The summed E-state index contributed by atoms with van der Waals surface area (Å²) in [6, 6.07) is 9.10. The summed E-state index contributed by atoms with van der Waals surface area (Å²) in [5.74, 6) is -1.21. The Morgan fingerprint density at radius 2 is 1.69 bits per heavy atom. The largest absolute Gasteiger partial charge is 0.386 e.